The summed E-state index contributed by atoms with van der Waals surface area (Å²) >= 11 is 0. The number of aliphatic hydroxyl groups is 1. The number of nitrogens with one attached hydrogen (secondary N) is 1. The fraction of sp³-hybridized carbons (Fsp3) is 0.400. The van der Waals surface area contributed by atoms with Gasteiger partial charge in [-0.2, -0.15) is 0 Å². The molecular formula is C15H21N3O. The molecule has 0 saturated carbocycles. The average molecular weight is 259 g/mol. The van der Waals surface area contributed by atoms with Gasteiger partial charge in [0.05, 0.1) is 23.1 Å². The zero-order chi connectivity index (χ0) is 13.9. The largest absolute Gasteiger partial charge is 0.396 e. The predicted octanol–water partition coefficient (Wildman–Crippen LogP) is 2.78. The number of nitrogens with zero attached hydrogens (tertiary/aromatic N) is 1. The van der Waals surface area contributed by atoms with Gasteiger partial charge in [-0.25, -0.2) is 0 Å². The number of anilines is 2. The summed E-state index contributed by atoms with van der Waals surface area (Å²) in [6.07, 6.45) is 3.27. The molecule has 0 bridgehead atoms. The number of aliphatic hydroxyl groups excluding tert-OH is 1. The fourth-order valence-corrected chi connectivity index (χ4v) is 2.17. The first kappa shape index (κ1) is 13.6. The van der Waals surface area contributed by atoms with Crippen molar-refractivity contribution in [2.75, 3.05) is 17.7 Å². The van der Waals surface area contributed by atoms with Gasteiger partial charge in [-0.15, -0.1) is 0 Å². The van der Waals surface area contributed by atoms with E-state index >= 15 is 0 Å². The van der Waals surface area contributed by atoms with Crippen LogP contribution in [-0.4, -0.2) is 22.2 Å². The quantitative estimate of drug-likeness (QED) is 0.772. The number of rotatable bonds is 5. The molecule has 0 aliphatic rings. The topological polar surface area (TPSA) is 71.2 Å². The Kier molecular flexibility index (Phi) is 3.90. The minimum atomic E-state index is -0.174. The van der Waals surface area contributed by atoms with Crippen molar-refractivity contribution in [3.05, 3.63) is 30.5 Å². The van der Waals surface area contributed by atoms with Gasteiger partial charge in [0.1, 0.15) is 0 Å². The second kappa shape index (κ2) is 5.45. The molecule has 0 amide bonds. The summed E-state index contributed by atoms with van der Waals surface area (Å²) in [6, 6.07) is 7.91. The molecule has 0 saturated heterocycles. The molecule has 4 heteroatoms. The maximum Gasteiger partial charge on any atom is 0.0743 e. The van der Waals surface area contributed by atoms with Crippen LogP contribution in [0.25, 0.3) is 10.9 Å². The van der Waals surface area contributed by atoms with E-state index in [1.165, 1.54) is 0 Å². The SMILES string of the molecule is CCC(C)(CCO)Nc1c(N)cnc2ccccc12. The summed E-state index contributed by atoms with van der Waals surface area (Å²) in [6.45, 7) is 4.35. The lowest BCUT2D eigenvalue weighted by Gasteiger charge is -2.31. The fourth-order valence-electron chi connectivity index (χ4n) is 2.17. The van der Waals surface area contributed by atoms with Crippen LogP contribution in [0.4, 0.5) is 11.4 Å². The van der Waals surface area contributed by atoms with Gasteiger partial charge in [-0.1, -0.05) is 25.1 Å². The number of nitrogens with two attached hydrogens (primary N) is 1. The third-order valence-electron chi connectivity index (χ3n) is 3.68. The van der Waals surface area contributed by atoms with Gasteiger partial charge in [0, 0.05) is 17.5 Å². The van der Waals surface area contributed by atoms with Crippen LogP contribution in [0.5, 0.6) is 0 Å². The maximum atomic E-state index is 9.21. The van der Waals surface area contributed by atoms with Crippen molar-refractivity contribution < 1.29 is 5.11 Å². The number of hydrogen-bond donors (Lipinski definition) is 3. The zero-order valence-electron chi connectivity index (χ0n) is 11.5. The van der Waals surface area contributed by atoms with Crippen molar-refractivity contribution in [3.63, 3.8) is 0 Å². The summed E-state index contributed by atoms with van der Waals surface area (Å²) in [7, 11) is 0. The van der Waals surface area contributed by atoms with E-state index in [1.807, 2.05) is 24.3 Å². The molecule has 0 radical (unpaired) electrons. The van der Waals surface area contributed by atoms with Crippen molar-refractivity contribution in [1.82, 2.24) is 4.98 Å². The molecule has 102 valence electrons. The molecule has 2 aromatic rings. The Morgan fingerprint density at radius 2 is 2.11 bits per heavy atom. The molecule has 0 aliphatic heterocycles. The first-order valence-corrected chi connectivity index (χ1v) is 6.62. The number of benzene rings is 1. The summed E-state index contributed by atoms with van der Waals surface area (Å²) in [5.74, 6) is 0. The summed E-state index contributed by atoms with van der Waals surface area (Å²) < 4.78 is 0. The molecule has 4 N–H and O–H groups in total. The molecule has 1 aromatic heterocycles. The van der Waals surface area contributed by atoms with Crippen molar-refractivity contribution in [3.8, 4) is 0 Å². The molecule has 19 heavy (non-hydrogen) atoms. The molecule has 2 rings (SSSR count). The standard InChI is InChI=1S/C15H21N3O/c1-3-15(2,8-9-19)18-14-11-6-4-5-7-13(11)17-10-12(14)16/h4-7,10,19H,3,8-9,16H2,1-2H3,(H,17,18). The average Bonchev–Trinajstić information content (AvgIpc) is 2.42. The van der Waals surface area contributed by atoms with Crippen molar-refractivity contribution in [1.29, 1.82) is 0 Å². The lowest BCUT2D eigenvalue weighted by molar-refractivity contribution is 0.252. The van der Waals surface area contributed by atoms with Crippen LogP contribution in [0, 0.1) is 0 Å². The predicted molar refractivity (Wildman–Crippen MR) is 80.2 cm³/mol. The number of hydrogen-bond acceptors (Lipinski definition) is 4. The maximum absolute atomic E-state index is 9.21. The van der Waals surface area contributed by atoms with Crippen LogP contribution in [0.15, 0.2) is 30.5 Å². The first-order valence-electron chi connectivity index (χ1n) is 6.62. The number of para-hydroxylation sites is 1. The van der Waals surface area contributed by atoms with Gasteiger partial charge in [0.15, 0.2) is 0 Å². The van der Waals surface area contributed by atoms with E-state index in [4.69, 9.17) is 5.73 Å². The molecule has 4 nitrogen and oxygen atoms in total. The number of nitrogen functional groups attached to an aromatic ring is 1. The number of fused-ring (bicyclic) bond motifs is 1. The highest BCUT2D eigenvalue weighted by Crippen LogP contribution is 2.32. The normalized spacial score (nSPS) is 14.3. The van der Waals surface area contributed by atoms with E-state index in [1.54, 1.807) is 6.20 Å². The number of pyridine rings is 1. The molecule has 1 aromatic carbocycles. The second-order valence-electron chi connectivity index (χ2n) is 5.12. The highest BCUT2D eigenvalue weighted by molar-refractivity contribution is 5.97. The monoisotopic (exact) mass is 259 g/mol. The first-order chi connectivity index (χ1) is 9.09. The van der Waals surface area contributed by atoms with Gasteiger partial charge in [-0.3, -0.25) is 4.98 Å². The van der Waals surface area contributed by atoms with Crippen LogP contribution in [-0.2, 0) is 0 Å². The molecular weight excluding hydrogens is 238 g/mol. The third-order valence-corrected chi connectivity index (χ3v) is 3.68. The lowest BCUT2D eigenvalue weighted by Crippen LogP contribution is -2.35. The Bertz CT molecular complexity index is 570. The minimum absolute atomic E-state index is 0.153. The Hall–Kier alpha value is -1.81. The van der Waals surface area contributed by atoms with Crippen LogP contribution >= 0.6 is 0 Å². The van der Waals surface area contributed by atoms with Crippen LogP contribution in [0.2, 0.25) is 0 Å². The smallest absolute Gasteiger partial charge is 0.0743 e. The summed E-state index contributed by atoms with van der Waals surface area (Å²) in [5, 5.41) is 13.7. The van der Waals surface area contributed by atoms with Crippen LogP contribution in [0.1, 0.15) is 26.7 Å². The molecule has 0 fully saturated rings. The molecule has 1 atom stereocenters. The molecule has 0 aliphatic carbocycles. The third kappa shape index (κ3) is 2.79. The van der Waals surface area contributed by atoms with Crippen LogP contribution < -0.4 is 11.1 Å². The van der Waals surface area contributed by atoms with Gasteiger partial charge >= 0.3 is 0 Å². The minimum Gasteiger partial charge on any atom is -0.396 e. The van der Waals surface area contributed by atoms with Crippen LogP contribution in [0.3, 0.4) is 0 Å². The van der Waals surface area contributed by atoms with Crippen molar-refractivity contribution in [2.24, 2.45) is 0 Å². The molecule has 1 unspecified atom stereocenters. The Balaban J connectivity index is 2.46. The highest BCUT2D eigenvalue weighted by atomic mass is 16.3. The Morgan fingerprint density at radius 1 is 1.37 bits per heavy atom. The van der Waals surface area contributed by atoms with E-state index in [0.29, 0.717) is 12.1 Å². The van der Waals surface area contributed by atoms with E-state index in [0.717, 1.165) is 23.0 Å². The number of aromatic nitrogens is 1. The van der Waals surface area contributed by atoms with Gasteiger partial charge in [-0.05, 0) is 25.8 Å². The van der Waals surface area contributed by atoms with E-state index in [9.17, 15) is 5.11 Å². The van der Waals surface area contributed by atoms with Gasteiger partial charge < -0.3 is 16.2 Å². The Morgan fingerprint density at radius 3 is 2.79 bits per heavy atom. The Labute approximate surface area is 113 Å². The summed E-state index contributed by atoms with van der Waals surface area (Å²) in [5.41, 5.74) is 8.34. The van der Waals surface area contributed by atoms with Crippen molar-refractivity contribution >= 4 is 22.3 Å². The van der Waals surface area contributed by atoms with Crippen molar-refractivity contribution in [2.45, 2.75) is 32.2 Å². The lowest BCUT2D eigenvalue weighted by atomic mass is 9.94. The zero-order valence-corrected chi connectivity index (χ0v) is 11.5. The van der Waals surface area contributed by atoms with Gasteiger partial charge in [0.25, 0.3) is 0 Å². The van der Waals surface area contributed by atoms with Gasteiger partial charge in [0.2, 0.25) is 0 Å². The van der Waals surface area contributed by atoms with E-state index < -0.39 is 0 Å². The highest BCUT2D eigenvalue weighted by Gasteiger charge is 2.23. The molecule has 0 spiro atoms. The summed E-state index contributed by atoms with van der Waals surface area (Å²) in [4.78, 5) is 4.33. The van der Waals surface area contributed by atoms with E-state index in [2.05, 4.69) is 24.1 Å². The molecule has 1 heterocycles. The second-order valence-corrected chi connectivity index (χ2v) is 5.12. The van der Waals surface area contributed by atoms with E-state index in [-0.39, 0.29) is 12.1 Å².